The van der Waals surface area contributed by atoms with Gasteiger partial charge in [0.2, 0.25) is 0 Å². The lowest BCUT2D eigenvalue weighted by Crippen LogP contribution is -2.08. The molecule has 2 heterocycles. The highest BCUT2D eigenvalue weighted by molar-refractivity contribution is 5.84. The van der Waals surface area contributed by atoms with E-state index in [2.05, 4.69) is 25.3 Å². The summed E-state index contributed by atoms with van der Waals surface area (Å²) in [6.07, 6.45) is 1.57. The van der Waals surface area contributed by atoms with Gasteiger partial charge in [-0.05, 0) is 24.3 Å². The van der Waals surface area contributed by atoms with Gasteiger partial charge in [0, 0.05) is 12.1 Å². The van der Waals surface area contributed by atoms with Crippen LogP contribution in [0.2, 0.25) is 0 Å². The Balaban J connectivity index is 2.04. The first-order valence-corrected chi connectivity index (χ1v) is 6.52. The van der Waals surface area contributed by atoms with Gasteiger partial charge < -0.3 is 20.1 Å². The first kappa shape index (κ1) is 13.3. The number of aromatic nitrogens is 4. The Bertz CT molecular complexity index is 739. The molecule has 3 N–H and O–H groups in total. The molecule has 7 nitrogen and oxygen atoms in total. The van der Waals surface area contributed by atoms with Crippen LogP contribution in [0.1, 0.15) is 0 Å². The van der Waals surface area contributed by atoms with E-state index in [-0.39, 0.29) is 6.61 Å². The average Bonchev–Trinajstić information content (AvgIpc) is 3.01. The number of rotatable bonds is 5. The van der Waals surface area contributed by atoms with Gasteiger partial charge in [-0.2, -0.15) is 0 Å². The monoisotopic (exact) mass is 285 g/mol. The van der Waals surface area contributed by atoms with Crippen molar-refractivity contribution in [2.75, 3.05) is 25.6 Å². The highest BCUT2D eigenvalue weighted by Gasteiger charge is 2.11. The van der Waals surface area contributed by atoms with Crippen LogP contribution in [0.15, 0.2) is 30.6 Å². The fourth-order valence-corrected chi connectivity index (χ4v) is 2.00. The summed E-state index contributed by atoms with van der Waals surface area (Å²) in [5.41, 5.74) is 2.17. The number of methoxy groups -OCH3 is 1. The topological polar surface area (TPSA) is 95.9 Å². The molecule has 0 saturated carbocycles. The van der Waals surface area contributed by atoms with Gasteiger partial charge in [-0.25, -0.2) is 15.0 Å². The number of hydrogen-bond donors (Lipinski definition) is 3. The fourth-order valence-electron chi connectivity index (χ4n) is 2.00. The van der Waals surface area contributed by atoms with Gasteiger partial charge in [0.1, 0.15) is 11.3 Å². The summed E-state index contributed by atoms with van der Waals surface area (Å²) >= 11 is 0. The minimum Gasteiger partial charge on any atom is -0.497 e. The Morgan fingerprint density at radius 2 is 2.05 bits per heavy atom. The normalized spacial score (nSPS) is 10.8. The molecule has 3 rings (SSSR count). The molecule has 0 saturated heterocycles. The first-order valence-electron chi connectivity index (χ1n) is 6.52. The number of ether oxygens (including phenoxy) is 1. The van der Waals surface area contributed by atoms with E-state index in [0.717, 1.165) is 16.8 Å². The first-order chi connectivity index (χ1) is 10.3. The Kier molecular flexibility index (Phi) is 3.65. The van der Waals surface area contributed by atoms with Crippen LogP contribution in [0, 0.1) is 0 Å². The van der Waals surface area contributed by atoms with Crippen LogP contribution in [0.25, 0.3) is 22.6 Å². The van der Waals surface area contributed by atoms with Crippen molar-refractivity contribution < 1.29 is 9.84 Å². The van der Waals surface area contributed by atoms with Gasteiger partial charge in [-0.15, -0.1) is 0 Å². The van der Waals surface area contributed by atoms with E-state index in [1.807, 2.05) is 24.3 Å². The third kappa shape index (κ3) is 2.63. The molecule has 2 aromatic heterocycles. The summed E-state index contributed by atoms with van der Waals surface area (Å²) in [6, 6.07) is 7.49. The molecule has 21 heavy (non-hydrogen) atoms. The van der Waals surface area contributed by atoms with E-state index in [0.29, 0.717) is 23.8 Å². The van der Waals surface area contributed by atoms with Gasteiger partial charge >= 0.3 is 0 Å². The zero-order chi connectivity index (χ0) is 14.7. The maximum Gasteiger partial charge on any atom is 0.183 e. The summed E-state index contributed by atoms with van der Waals surface area (Å²) in [5.74, 6) is 1.97. The molecule has 0 unspecified atom stereocenters. The predicted octanol–water partition coefficient (Wildman–Crippen LogP) is 1.43. The summed E-state index contributed by atoms with van der Waals surface area (Å²) in [6.45, 7) is 0.435. The average molecular weight is 285 g/mol. The van der Waals surface area contributed by atoms with Crippen molar-refractivity contribution in [1.82, 2.24) is 19.9 Å². The SMILES string of the molecule is COc1ccc(-c2nc(NCCO)c3[nH]cnc3n2)cc1. The molecule has 0 amide bonds. The van der Waals surface area contributed by atoms with Gasteiger partial charge in [0.25, 0.3) is 0 Å². The van der Waals surface area contributed by atoms with Gasteiger partial charge in [0.05, 0.1) is 20.0 Å². The lowest BCUT2D eigenvalue weighted by Gasteiger charge is -2.07. The molecule has 0 fully saturated rings. The zero-order valence-corrected chi connectivity index (χ0v) is 11.5. The smallest absolute Gasteiger partial charge is 0.183 e. The number of anilines is 1. The fraction of sp³-hybridized carbons (Fsp3) is 0.214. The zero-order valence-electron chi connectivity index (χ0n) is 11.5. The number of nitrogens with one attached hydrogen (secondary N) is 2. The van der Waals surface area contributed by atoms with Crippen molar-refractivity contribution >= 4 is 17.0 Å². The second-order valence-electron chi connectivity index (χ2n) is 4.38. The molecule has 1 aromatic carbocycles. The largest absolute Gasteiger partial charge is 0.497 e. The predicted molar refractivity (Wildman–Crippen MR) is 79.2 cm³/mol. The molecule has 0 bridgehead atoms. The number of hydrogen-bond acceptors (Lipinski definition) is 6. The van der Waals surface area contributed by atoms with Crippen molar-refractivity contribution in [3.8, 4) is 17.1 Å². The number of aromatic amines is 1. The lowest BCUT2D eigenvalue weighted by atomic mass is 10.2. The molecular weight excluding hydrogens is 270 g/mol. The molecule has 0 aliphatic carbocycles. The van der Waals surface area contributed by atoms with Crippen LogP contribution >= 0.6 is 0 Å². The van der Waals surface area contributed by atoms with Crippen LogP contribution in [0.3, 0.4) is 0 Å². The maximum absolute atomic E-state index is 8.95. The molecule has 0 aliphatic rings. The molecule has 7 heteroatoms. The molecule has 0 spiro atoms. The molecule has 3 aromatic rings. The number of aliphatic hydroxyl groups is 1. The standard InChI is InChI=1S/C14H15N5O2/c1-21-10-4-2-9(3-5-10)12-18-13(15-6-7-20)11-14(19-12)17-8-16-11/h2-5,8,20H,6-7H2,1H3,(H2,15,16,17,18,19). The number of aliphatic hydroxyl groups excluding tert-OH is 1. The Morgan fingerprint density at radius 3 is 2.76 bits per heavy atom. The number of fused-ring (bicyclic) bond motifs is 1. The van der Waals surface area contributed by atoms with Crippen LogP contribution in [0.5, 0.6) is 5.75 Å². The molecule has 0 aliphatic heterocycles. The number of imidazole rings is 1. The van der Waals surface area contributed by atoms with Crippen LogP contribution < -0.4 is 10.1 Å². The highest BCUT2D eigenvalue weighted by atomic mass is 16.5. The van der Waals surface area contributed by atoms with Crippen molar-refractivity contribution in [3.63, 3.8) is 0 Å². The Morgan fingerprint density at radius 1 is 1.24 bits per heavy atom. The van der Waals surface area contributed by atoms with Crippen molar-refractivity contribution in [3.05, 3.63) is 30.6 Å². The van der Waals surface area contributed by atoms with E-state index in [9.17, 15) is 0 Å². The summed E-state index contributed by atoms with van der Waals surface area (Å²) in [7, 11) is 1.62. The highest BCUT2D eigenvalue weighted by Crippen LogP contribution is 2.24. The Hall–Kier alpha value is -2.67. The molecule has 0 atom stereocenters. The Labute approximate surface area is 121 Å². The maximum atomic E-state index is 8.95. The van der Waals surface area contributed by atoms with E-state index in [1.54, 1.807) is 13.4 Å². The van der Waals surface area contributed by atoms with Crippen LogP contribution in [-0.4, -0.2) is 45.3 Å². The minimum absolute atomic E-state index is 0.0253. The second kappa shape index (κ2) is 5.76. The van der Waals surface area contributed by atoms with Crippen molar-refractivity contribution in [2.45, 2.75) is 0 Å². The lowest BCUT2D eigenvalue weighted by molar-refractivity contribution is 0.311. The number of benzene rings is 1. The summed E-state index contributed by atoms with van der Waals surface area (Å²) in [5, 5.41) is 12.0. The third-order valence-electron chi connectivity index (χ3n) is 3.04. The van der Waals surface area contributed by atoms with E-state index >= 15 is 0 Å². The minimum atomic E-state index is 0.0253. The quantitative estimate of drug-likeness (QED) is 0.656. The van der Waals surface area contributed by atoms with Crippen molar-refractivity contribution in [1.29, 1.82) is 0 Å². The number of H-pyrrole nitrogens is 1. The third-order valence-corrected chi connectivity index (χ3v) is 3.04. The van der Waals surface area contributed by atoms with Gasteiger partial charge in [-0.3, -0.25) is 0 Å². The van der Waals surface area contributed by atoms with Gasteiger partial charge in [-0.1, -0.05) is 0 Å². The van der Waals surface area contributed by atoms with E-state index in [4.69, 9.17) is 9.84 Å². The molecular formula is C14H15N5O2. The second-order valence-corrected chi connectivity index (χ2v) is 4.38. The summed E-state index contributed by atoms with van der Waals surface area (Å²) in [4.78, 5) is 16.1. The van der Waals surface area contributed by atoms with Crippen LogP contribution in [0.4, 0.5) is 5.82 Å². The summed E-state index contributed by atoms with van der Waals surface area (Å²) < 4.78 is 5.14. The van der Waals surface area contributed by atoms with Gasteiger partial charge in [0.15, 0.2) is 17.3 Å². The number of nitrogens with zero attached hydrogens (tertiary/aromatic N) is 3. The van der Waals surface area contributed by atoms with E-state index < -0.39 is 0 Å². The van der Waals surface area contributed by atoms with Crippen LogP contribution in [-0.2, 0) is 0 Å². The van der Waals surface area contributed by atoms with Crippen molar-refractivity contribution in [2.24, 2.45) is 0 Å². The van der Waals surface area contributed by atoms with E-state index in [1.165, 1.54) is 0 Å². The molecule has 108 valence electrons. The molecule has 0 radical (unpaired) electrons.